The first-order valence-electron chi connectivity index (χ1n) is 6.74. The molecule has 1 aromatic rings. The van der Waals surface area contributed by atoms with E-state index in [2.05, 4.69) is 6.58 Å². The third-order valence-electron chi connectivity index (χ3n) is 3.46. The third kappa shape index (κ3) is 2.41. The molecule has 0 aliphatic carbocycles. The maximum Gasteiger partial charge on any atom is 0.334 e. The number of carbonyl (C=O) groups excluding carboxylic acids is 3. The zero-order valence-electron chi connectivity index (χ0n) is 11.8. The molecule has 4 amide bonds. The number of imide groups is 2. The number of rotatable bonds is 4. The molecule has 0 spiro atoms. The van der Waals surface area contributed by atoms with Crippen LogP contribution in [0.15, 0.2) is 30.9 Å². The lowest BCUT2D eigenvalue weighted by atomic mass is 10.1. The molecule has 7 nitrogen and oxygen atoms in total. The van der Waals surface area contributed by atoms with Crippen LogP contribution in [0, 0.1) is 0 Å². The molecule has 1 fully saturated rings. The van der Waals surface area contributed by atoms with Crippen LogP contribution in [0.3, 0.4) is 0 Å². The van der Waals surface area contributed by atoms with E-state index in [1.54, 1.807) is 18.2 Å². The Balaban J connectivity index is 1.81. The molecule has 114 valence electrons. The molecule has 2 heterocycles. The second-order valence-electron chi connectivity index (χ2n) is 4.92. The number of hydrogen-bond acceptors (Lipinski definition) is 5. The van der Waals surface area contributed by atoms with Crippen molar-refractivity contribution in [2.24, 2.45) is 0 Å². The van der Waals surface area contributed by atoms with Gasteiger partial charge >= 0.3 is 6.03 Å². The second-order valence-corrected chi connectivity index (χ2v) is 4.92. The van der Waals surface area contributed by atoms with Gasteiger partial charge in [0.25, 0.3) is 0 Å². The van der Waals surface area contributed by atoms with Crippen molar-refractivity contribution < 1.29 is 23.9 Å². The van der Waals surface area contributed by atoms with Gasteiger partial charge in [0.05, 0.1) is 6.54 Å². The summed E-state index contributed by atoms with van der Waals surface area (Å²) < 4.78 is 10.5. The number of hydrogen-bond donors (Lipinski definition) is 0. The van der Waals surface area contributed by atoms with Crippen LogP contribution in [0.25, 0.3) is 0 Å². The molecule has 7 heteroatoms. The van der Waals surface area contributed by atoms with E-state index in [-0.39, 0.29) is 26.3 Å². The highest BCUT2D eigenvalue weighted by Gasteiger charge is 2.37. The van der Waals surface area contributed by atoms with Crippen molar-refractivity contribution in [2.75, 3.05) is 13.3 Å². The monoisotopic (exact) mass is 302 g/mol. The molecule has 3 rings (SSSR count). The first kappa shape index (κ1) is 14.1. The van der Waals surface area contributed by atoms with Gasteiger partial charge in [-0.1, -0.05) is 12.1 Å². The second kappa shape index (κ2) is 5.51. The average Bonchev–Trinajstić information content (AvgIpc) is 2.95. The zero-order chi connectivity index (χ0) is 15.7. The van der Waals surface area contributed by atoms with Gasteiger partial charge < -0.3 is 9.47 Å². The van der Waals surface area contributed by atoms with Crippen LogP contribution < -0.4 is 9.47 Å². The lowest BCUT2D eigenvalue weighted by Crippen LogP contribution is -2.54. The van der Waals surface area contributed by atoms with E-state index in [1.165, 1.54) is 6.08 Å². The molecule has 1 saturated heterocycles. The highest BCUT2D eigenvalue weighted by Crippen LogP contribution is 2.33. The van der Waals surface area contributed by atoms with E-state index in [0.717, 1.165) is 15.4 Å². The first-order valence-corrected chi connectivity index (χ1v) is 6.74. The number of nitrogens with zero attached hydrogens (tertiary/aromatic N) is 2. The molecule has 0 unspecified atom stereocenters. The topological polar surface area (TPSA) is 76.2 Å². The number of carbonyl (C=O) groups is 3. The lowest BCUT2D eigenvalue weighted by molar-refractivity contribution is -0.142. The summed E-state index contributed by atoms with van der Waals surface area (Å²) in [6.45, 7) is 3.83. The molecule has 0 bridgehead atoms. The summed E-state index contributed by atoms with van der Waals surface area (Å²) in [6, 6.07) is 4.57. The van der Waals surface area contributed by atoms with Crippen LogP contribution in [0.5, 0.6) is 11.5 Å². The highest BCUT2D eigenvalue weighted by molar-refractivity contribution is 6.14. The Labute approximate surface area is 126 Å². The number of barbiturate groups is 1. The van der Waals surface area contributed by atoms with Gasteiger partial charge in [0.2, 0.25) is 18.6 Å². The molecular weight excluding hydrogens is 288 g/mol. The normalized spacial score (nSPS) is 17.2. The summed E-state index contributed by atoms with van der Waals surface area (Å²) in [5.41, 5.74) is 0.721. The summed E-state index contributed by atoms with van der Waals surface area (Å²) in [5, 5.41) is 0. The lowest BCUT2D eigenvalue weighted by Gasteiger charge is -2.32. The van der Waals surface area contributed by atoms with Crippen LogP contribution in [0.2, 0.25) is 0 Å². The van der Waals surface area contributed by atoms with Gasteiger partial charge in [-0.05, 0) is 17.7 Å². The van der Waals surface area contributed by atoms with Crippen molar-refractivity contribution in [3.63, 3.8) is 0 Å². The van der Waals surface area contributed by atoms with Gasteiger partial charge in [-0.2, -0.15) is 0 Å². The Kier molecular flexibility index (Phi) is 3.54. The van der Waals surface area contributed by atoms with Gasteiger partial charge in [-0.25, -0.2) is 4.79 Å². The highest BCUT2D eigenvalue weighted by atomic mass is 16.7. The van der Waals surface area contributed by atoms with Crippen molar-refractivity contribution in [1.82, 2.24) is 9.80 Å². The smallest absolute Gasteiger partial charge is 0.334 e. The van der Waals surface area contributed by atoms with Crippen molar-refractivity contribution >= 4 is 17.8 Å². The Morgan fingerprint density at radius 3 is 2.59 bits per heavy atom. The van der Waals surface area contributed by atoms with Crippen LogP contribution in [0.4, 0.5) is 4.79 Å². The zero-order valence-corrected chi connectivity index (χ0v) is 11.8. The van der Waals surface area contributed by atoms with Gasteiger partial charge in [0.15, 0.2) is 11.5 Å². The van der Waals surface area contributed by atoms with Gasteiger partial charge in [0, 0.05) is 6.54 Å². The van der Waals surface area contributed by atoms with Crippen molar-refractivity contribution in [3.8, 4) is 11.5 Å². The molecule has 2 aliphatic rings. The van der Waals surface area contributed by atoms with Crippen molar-refractivity contribution in [2.45, 2.75) is 13.0 Å². The number of urea groups is 1. The molecule has 22 heavy (non-hydrogen) atoms. The fourth-order valence-electron chi connectivity index (χ4n) is 2.37. The van der Waals surface area contributed by atoms with E-state index >= 15 is 0 Å². The average molecular weight is 302 g/mol. The largest absolute Gasteiger partial charge is 0.454 e. The standard InChI is InChI=1S/C15H14N2O5/c1-2-5-16-13(18)7-14(19)17(15(16)20)8-10-3-4-11-12(6-10)22-9-21-11/h2-4,6H,1,5,7-9H2. The van der Waals surface area contributed by atoms with Crippen molar-refractivity contribution in [3.05, 3.63) is 36.4 Å². The fourth-order valence-corrected chi connectivity index (χ4v) is 2.37. The number of fused-ring (bicyclic) bond motifs is 1. The summed E-state index contributed by atoms with van der Waals surface area (Å²) in [6.07, 6.45) is 1.13. The predicted octanol–water partition coefficient (Wildman–Crippen LogP) is 1.28. The van der Waals surface area contributed by atoms with Crippen LogP contribution >= 0.6 is 0 Å². The summed E-state index contributed by atoms with van der Waals surface area (Å²) in [5.74, 6) is 0.196. The maximum absolute atomic E-state index is 12.3. The summed E-state index contributed by atoms with van der Waals surface area (Å²) in [7, 11) is 0. The molecule has 2 aliphatic heterocycles. The molecule has 1 aromatic carbocycles. The first-order chi connectivity index (χ1) is 10.6. The van der Waals surface area contributed by atoms with E-state index in [1.807, 2.05) is 0 Å². The van der Waals surface area contributed by atoms with Crippen molar-refractivity contribution in [1.29, 1.82) is 0 Å². The maximum atomic E-state index is 12.3. The molecular formula is C15H14N2O5. The Morgan fingerprint density at radius 2 is 1.82 bits per heavy atom. The van der Waals surface area contributed by atoms with Gasteiger partial charge in [0.1, 0.15) is 6.42 Å². The minimum absolute atomic E-state index is 0.0786. The fraction of sp³-hybridized carbons (Fsp3) is 0.267. The van der Waals surface area contributed by atoms with E-state index in [0.29, 0.717) is 11.5 Å². The van der Waals surface area contributed by atoms with E-state index in [4.69, 9.17) is 9.47 Å². The minimum Gasteiger partial charge on any atom is -0.454 e. The Morgan fingerprint density at radius 1 is 1.09 bits per heavy atom. The summed E-state index contributed by atoms with van der Waals surface area (Å²) in [4.78, 5) is 38.1. The molecule has 0 radical (unpaired) electrons. The third-order valence-corrected chi connectivity index (χ3v) is 3.46. The summed E-state index contributed by atoms with van der Waals surface area (Å²) >= 11 is 0. The van der Waals surface area contributed by atoms with Crippen LogP contribution in [-0.4, -0.2) is 41.0 Å². The van der Waals surface area contributed by atoms with E-state index in [9.17, 15) is 14.4 Å². The molecule has 0 saturated carbocycles. The van der Waals surface area contributed by atoms with Gasteiger partial charge in [-0.15, -0.1) is 6.58 Å². The number of ether oxygens (including phenoxy) is 2. The number of amides is 4. The van der Waals surface area contributed by atoms with E-state index < -0.39 is 17.8 Å². The quantitative estimate of drug-likeness (QED) is 0.618. The minimum atomic E-state index is -0.626. The van der Waals surface area contributed by atoms with Crippen LogP contribution in [0.1, 0.15) is 12.0 Å². The Hall–Kier alpha value is -2.83. The Bertz CT molecular complexity index is 670. The van der Waals surface area contributed by atoms with Crippen LogP contribution in [-0.2, 0) is 16.1 Å². The van der Waals surface area contributed by atoms with Gasteiger partial charge in [-0.3, -0.25) is 19.4 Å². The molecule has 0 aromatic heterocycles. The number of benzene rings is 1. The molecule has 0 N–H and O–H groups in total. The predicted molar refractivity (Wildman–Crippen MR) is 75.0 cm³/mol. The molecule has 0 atom stereocenters. The SMILES string of the molecule is C=CCN1C(=O)CC(=O)N(Cc2ccc3c(c2)OCO3)C1=O.